The molecule has 2 unspecified atom stereocenters. The Kier molecular flexibility index (Phi) is 5.60. The number of rotatable bonds is 6. The summed E-state index contributed by atoms with van der Waals surface area (Å²) < 4.78 is 10.7. The molecule has 2 rings (SSSR count). The molecule has 0 aliphatic rings. The van der Waals surface area contributed by atoms with E-state index in [1.807, 2.05) is 44.3 Å². The Bertz CT molecular complexity index is 657. The van der Waals surface area contributed by atoms with Crippen molar-refractivity contribution in [3.8, 4) is 11.5 Å². The Hall–Kier alpha value is -2.53. The normalized spacial score (nSPS) is 13.2. The van der Waals surface area contributed by atoms with Crippen LogP contribution in [0.3, 0.4) is 0 Å². The maximum Gasteiger partial charge on any atom is 0.338 e. The smallest absolute Gasteiger partial charge is 0.338 e. The standard InChI is InChI=1S/C18H21NO4/c1-12(19-2)17(13-7-5-4-6-8-13)23-18(21)14-9-10-15(20)16(11-14)22-3/h4-12,17,19-20H,1-3H3. The lowest BCUT2D eigenvalue weighted by Crippen LogP contribution is -2.32. The van der Waals surface area contributed by atoms with Crippen LogP contribution in [-0.2, 0) is 4.74 Å². The summed E-state index contributed by atoms with van der Waals surface area (Å²) in [5.41, 5.74) is 1.23. The van der Waals surface area contributed by atoms with Crippen molar-refractivity contribution >= 4 is 5.97 Å². The fourth-order valence-corrected chi connectivity index (χ4v) is 2.24. The number of benzene rings is 2. The van der Waals surface area contributed by atoms with E-state index in [1.165, 1.54) is 25.3 Å². The first kappa shape index (κ1) is 16.8. The summed E-state index contributed by atoms with van der Waals surface area (Å²) in [6.07, 6.45) is -0.423. The van der Waals surface area contributed by atoms with Crippen LogP contribution in [0.15, 0.2) is 48.5 Å². The summed E-state index contributed by atoms with van der Waals surface area (Å²) in [7, 11) is 3.25. The molecular formula is C18H21NO4. The van der Waals surface area contributed by atoms with Crippen LogP contribution in [0.5, 0.6) is 11.5 Å². The molecule has 2 atom stereocenters. The van der Waals surface area contributed by atoms with Gasteiger partial charge in [-0.2, -0.15) is 0 Å². The number of aromatic hydroxyl groups is 1. The molecule has 23 heavy (non-hydrogen) atoms. The molecule has 0 aliphatic carbocycles. The molecule has 0 saturated carbocycles. The average molecular weight is 315 g/mol. The van der Waals surface area contributed by atoms with Crippen LogP contribution >= 0.6 is 0 Å². The summed E-state index contributed by atoms with van der Waals surface area (Å²) in [4.78, 5) is 12.4. The van der Waals surface area contributed by atoms with Gasteiger partial charge in [0.1, 0.15) is 6.10 Å². The number of methoxy groups -OCH3 is 1. The lowest BCUT2D eigenvalue weighted by atomic mass is 10.0. The third-order valence-electron chi connectivity index (χ3n) is 3.69. The summed E-state index contributed by atoms with van der Waals surface area (Å²) in [6.45, 7) is 1.95. The highest BCUT2D eigenvalue weighted by Gasteiger charge is 2.23. The maximum absolute atomic E-state index is 12.4. The monoisotopic (exact) mass is 315 g/mol. The number of nitrogens with one attached hydrogen (secondary N) is 1. The minimum atomic E-state index is -0.473. The first-order valence-corrected chi connectivity index (χ1v) is 7.37. The van der Waals surface area contributed by atoms with Gasteiger partial charge in [-0.1, -0.05) is 30.3 Å². The summed E-state index contributed by atoms with van der Waals surface area (Å²) in [6, 6.07) is 13.9. The molecule has 0 radical (unpaired) electrons. The number of carbonyl (C=O) groups excluding carboxylic acids is 1. The molecule has 0 saturated heterocycles. The molecule has 2 aromatic rings. The van der Waals surface area contributed by atoms with Crippen LogP contribution in [0.25, 0.3) is 0 Å². The van der Waals surface area contributed by atoms with Gasteiger partial charge in [-0.25, -0.2) is 4.79 Å². The van der Waals surface area contributed by atoms with Crippen molar-refractivity contribution in [2.24, 2.45) is 0 Å². The third kappa shape index (κ3) is 4.02. The van der Waals surface area contributed by atoms with Crippen molar-refractivity contribution in [1.29, 1.82) is 0 Å². The van der Waals surface area contributed by atoms with Gasteiger partial charge in [0.15, 0.2) is 11.5 Å². The van der Waals surface area contributed by atoms with Crippen LogP contribution in [0.4, 0.5) is 0 Å². The van der Waals surface area contributed by atoms with Gasteiger partial charge in [-0.15, -0.1) is 0 Å². The fourth-order valence-electron chi connectivity index (χ4n) is 2.24. The maximum atomic E-state index is 12.4. The van der Waals surface area contributed by atoms with E-state index in [-0.39, 0.29) is 17.5 Å². The van der Waals surface area contributed by atoms with E-state index in [0.29, 0.717) is 5.56 Å². The zero-order valence-corrected chi connectivity index (χ0v) is 13.4. The highest BCUT2D eigenvalue weighted by atomic mass is 16.5. The second-order valence-electron chi connectivity index (χ2n) is 5.20. The molecule has 5 nitrogen and oxygen atoms in total. The minimum Gasteiger partial charge on any atom is -0.504 e. The Morgan fingerprint density at radius 1 is 1.17 bits per heavy atom. The number of ether oxygens (including phenoxy) is 2. The predicted molar refractivity (Wildman–Crippen MR) is 87.8 cm³/mol. The van der Waals surface area contributed by atoms with E-state index in [9.17, 15) is 9.90 Å². The van der Waals surface area contributed by atoms with Crippen LogP contribution in [0.2, 0.25) is 0 Å². The van der Waals surface area contributed by atoms with Gasteiger partial charge in [-0.05, 0) is 37.7 Å². The SMILES string of the molecule is CNC(C)C(OC(=O)c1ccc(O)c(OC)c1)c1ccccc1. The van der Waals surface area contributed by atoms with Crippen molar-refractivity contribution in [2.75, 3.05) is 14.2 Å². The minimum absolute atomic E-state index is 0.0211. The summed E-state index contributed by atoms with van der Waals surface area (Å²) >= 11 is 0. The summed E-state index contributed by atoms with van der Waals surface area (Å²) in [5.74, 6) is -0.260. The molecule has 0 heterocycles. The molecule has 2 N–H and O–H groups in total. The van der Waals surface area contributed by atoms with Gasteiger partial charge >= 0.3 is 5.97 Å². The predicted octanol–water partition coefficient (Wildman–Crippen LogP) is 2.91. The highest BCUT2D eigenvalue weighted by molar-refractivity contribution is 5.90. The van der Waals surface area contributed by atoms with Crippen molar-refractivity contribution in [2.45, 2.75) is 19.1 Å². The van der Waals surface area contributed by atoms with Crippen LogP contribution < -0.4 is 10.1 Å². The number of hydrogen-bond acceptors (Lipinski definition) is 5. The molecule has 2 aromatic carbocycles. The lowest BCUT2D eigenvalue weighted by Gasteiger charge is -2.24. The number of likely N-dealkylation sites (N-methyl/N-ethyl adjacent to an activating group) is 1. The van der Waals surface area contributed by atoms with Crippen LogP contribution in [0, 0.1) is 0 Å². The van der Waals surface area contributed by atoms with E-state index in [4.69, 9.17) is 9.47 Å². The van der Waals surface area contributed by atoms with Crippen molar-refractivity contribution in [3.05, 3.63) is 59.7 Å². The second-order valence-corrected chi connectivity index (χ2v) is 5.20. The Labute approximate surface area is 135 Å². The average Bonchev–Trinajstić information content (AvgIpc) is 2.60. The second kappa shape index (κ2) is 7.65. The zero-order valence-electron chi connectivity index (χ0n) is 13.4. The van der Waals surface area contributed by atoms with E-state index >= 15 is 0 Å². The van der Waals surface area contributed by atoms with Gasteiger partial charge in [0, 0.05) is 6.04 Å². The molecule has 0 aromatic heterocycles. The van der Waals surface area contributed by atoms with Gasteiger partial charge in [0.2, 0.25) is 0 Å². The number of hydrogen-bond donors (Lipinski definition) is 2. The quantitative estimate of drug-likeness (QED) is 0.802. The van der Waals surface area contributed by atoms with E-state index in [0.717, 1.165) is 5.56 Å². The Morgan fingerprint density at radius 2 is 1.87 bits per heavy atom. The number of carbonyl (C=O) groups is 1. The van der Waals surface area contributed by atoms with Gasteiger partial charge in [-0.3, -0.25) is 0 Å². The zero-order chi connectivity index (χ0) is 16.8. The first-order chi connectivity index (χ1) is 11.1. The fraction of sp³-hybridized carbons (Fsp3) is 0.278. The van der Waals surface area contributed by atoms with Crippen molar-refractivity contribution in [1.82, 2.24) is 5.32 Å². The van der Waals surface area contributed by atoms with Crippen LogP contribution in [0.1, 0.15) is 28.9 Å². The Balaban J connectivity index is 2.24. The third-order valence-corrected chi connectivity index (χ3v) is 3.69. The number of phenols is 1. The molecule has 0 spiro atoms. The molecule has 0 fully saturated rings. The molecule has 122 valence electrons. The molecule has 0 bridgehead atoms. The van der Waals surface area contributed by atoms with Crippen molar-refractivity contribution in [3.63, 3.8) is 0 Å². The van der Waals surface area contributed by atoms with Crippen LogP contribution in [-0.4, -0.2) is 31.3 Å². The van der Waals surface area contributed by atoms with E-state index in [1.54, 1.807) is 0 Å². The highest BCUT2D eigenvalue weighted by Crippen LogP contribution is 2.28. The van der Waals surface area contributed by atoms with Crippen molar-refractivity contribution < 1.29 is 19.4 Å². The molecule has 0 amide bonds. The number of esters is 1. The topological polar surface area (TPSA) is 67.8 Å². The number of phenolic OH excluding ortho intramolecular Hbond substituents is 1. The van der Waals surface area contributed by atoms with E-state index < -0.39 is 12.1 Å². The van der Waals surface area contributed by atoms with Gasteiger partial charge < -0.3 is 19.9 Å². The molecular weight excluding hydrogens is 294 g/mol. The lowest BCUT2D eigenvalue weighted by molar-refractivity contribution is 0.0219. The van der Waals surface area contributed by atoms with Gasteiger partial charge in [0.05, 0.1) is 12.7 Å². The van der Waals surface area contributed by atoms with Gasteiger partial charge in [0.25, 0.3) is 0 Å². The summed E-state index contributed by atoms with van der Waals surface area (Å²) in [5, 5.41) is 12.7. The molecule has 5 heteroatoms. The largest absolute Gasteiger partial charge is 0.504 e. The Morgan fingerprint density at radius 3 is 2.48 bits per heavy atom. The molecule has 0 aliphatic heterocycles. The first-order valence-electron chi connectivity index (χ1n) is 7.37. The van der Waals surface area contributed by atoms with E-state index in [2.05, 4.69) is 5.32 Å².